The number of nitrogens with zero attached hydrogens (tertiary/aromatic N) is 4. The second-order valence-electron chi connectivity index (χ2n) is 7.53. The summed E-state index contributed by atoms with van der Waals surface area (Å²) in [5.74, 6) is 1.65. The van der Waals surface area contributed by atoms with E-state index in [1.165, 1.54) is 12.1 Å². The predicted molar refractivity (Wildman–Crippen MR) is 110 cm³/mol. The molecule has 152 valence electrons. The Morgan fingerprint density at radius 3 is 2.85 bits per heavy atom. The Bertz CT molecular complexity index is 624. The van der Waals surface area contributed by atoms with Crippen LogP contribution in [-0.2, 0) is 11.3 Å². The van der Waals surface area contributed by atoms with E-state index in [4.69, 9.17) is 0 Å². The lowest BCUT2D eigenvalue weighted by atomic mass is 10.00. The van der Waals surface area contributed by atoms with Gasteiger partial charge in [-0.25, -0.2) is 0 Å². The van der Waals surface area contributed by atoms with Crippen LogP contribution >= 0.6 is 0 Å². The largest absolute Gasteiger partial charge is 0.357 e. The van der Waals surface area contributed by atoms with Gasteiger partial charge in [0.1, 0.15) is 0 Å². The molecule has 0 spiro atoms. The van der Waals surface area contributed by atoms with Crippen LogP contribution in [0.15, 0.2) is 11.1 Å². The lowest BCUT2D eigenvalue weighted by Crippen LogP contribution is -2.42. The summed E-state index contributed by atoms with van der Waals surface area (Å²) in [6, 6.07) is 2.09. The Morgan fingerprint density at radius 2 is 2.19 bits per heavy atom. The molecule has 7 heteroatoms. The van der Waals surface area contributed by atoms with Crippen molar-refractivity contribution >= 4 is 11.9 Å². The van der Waals surface area contributed by atoms with E-state index < -0.39 is 0 Å². The Kier molecular flexibility index (Phi) is 8.61. The molecule has 1 fully saturated rings. The molecule has 1 aliphatic heterocycles. The Balaban J connectivity index is 1.71. The lowest BCUT2D eigenvalue weighted by molar-refractivity contribution is -0.132. The van der Waals surface area contributed by atoms with Crippen LogP contribution in [0.4, 0.5) is 0 Å². The van der Waals surface area contributed by atoms with Crippen LogP contribution in [0.25, 0.3) is 0 Å². The van der Waals surface area contributed by atoms with Crippen molar-refractivity contribution in [1.82, 2.24) is 25.3 Å². The molecule has 2 rings (SSSR count). The molecule has 1 aromatic rings. The quantitative estimate of drug-likeness (QED) is 0.414. The van der Waals surface area contributed by atoms with E-state index in [0.717, 1.165) is 57.2 Å². The molecule has 27 heavy (non-hydrogen) atoms. The van der Waals surface area contributed by atoms with E-state index in [2.05, 4.69) is 40.6 Å². The molecule has 0 bridgehead atoms. The zero-order valence-electron chi connectivity index (χ0n) is 17.4. The van der Waals surface area contributed by atoms with Crippen molar-refractivity contribution in [1.29, 1.82) is 0 Å². The van der Waals surface area contributed by atoms with Gasteiger partial charge in [0.25, 0.3) is 0 Å². The van der Waals surface area contributed by atoms with E-state index in [0.29, 0.717) is 18.9 Å². The first-order chi connectivity index (χ1) is 13.0. The van der Waals surface area contributed by atoms with Crippen molar-refractivity contribution < 1.29 is 4.79 Å². The maximum atomic E-state index is 12.4. The average molecular weight is 377 g/mol. The number of hydrogen-bond acceptors (Lipinski definition) is 3. The number of aliphatic imine (C=N–C) groups is 1. The van der Waals surface area contributed by atoms with Crippen LogP contribution < -0.4 is 10.6 Å². The average Bonchev–Trinajstić information content (AvgIpc) is 2.95. The number of aromatic nitrogens is 2. The minimum Gasteiger partial charge on any atom is -0.357 e. The van der Waals surface area contributed by atoms with Gasteiger partial charge in [0.05, 0.1) is 5.69 Å². The molecule has 1 aliphatic rings. The van der Waals surface area contributed by atoms with E-state index in [-0.39, 0.29) is 5.91 Å². The van der Waals surface area contributed by atoms with Gasteiger partial charge in [0, 0.05) is 51.4 Å². The van der Waals surface area contributed by atoms with Crippen molar-refractivity contribution in [3.8, 4) is 0 Å². The van der Waals surface area contributed by atoms with E-state index in [1.54, 1.807) is 0 Å². The molecule has 1 unspecified atom stereocenters. The van der Waals surface area contributed by atoms with E-state index in [1.807, 2.05) is 23.4 Å². The molecule has 1 amide bonds. The number of amides is 1. The summed E-state index contributed by atoms with van der Waals surface area (Å²) in [4.78, 5) is 19.0. The van der Waals surface area contributed by atoms with Gasteiger partial charge in [-0.05, 0) is 52.0 Å². The normalized spacial score (nSPS) is 17.9. The molecular weight excluding hydrogens is 340 g/mol. The maximum absolute atomic E-state index is 12.4. The minimum absolute atomic E-state index is 0.245. The van der Waals surface area contributed by atoms with Crippen LogP contribution in [0.3, 0.4) is 0 Å². The molecule has 2 heterocycles. The second-order valence-corrected chi connectivity index (χ2v) is 7.53. The number of piperidine rings is 1. The molecule has 7 nitrogen and oxygen atoms in total. The van der Waals surface area contributed by atoms with Crippen LogP contribution in [0.2, 0.25) is 0 Å². The van der Waals surface area contributed by atoms with E-state index in [9.17, 15) is 4.79 Å². The van der Waals surface area contributed by atoms with Crippen LogP contribution in [0, 0.1) is 19.8 Å². The fourth-order valence-corrected chi connectivity index (χ4v) is 3.52. The molecule has 2 N–H and O–H groups in total. The monoisotopic (exact) mass is 376 g/mol. The molecular formula is C20H36N6O. The number of rotatable bonds is 8. The van der Waals surface area contributed by atoms with Crippen LogP contribution in [0.5, 0.6) is 0 Å². The third-order valence-electron chi connectivity index (χ3n) is 4.89. The number of aryl methyl sites for hydroxylation is 3. The van der Waals surface area contributed by atoms with Crippen molar-refractivity contribution in [2.75, 3.05) is 32.7 Å². The maximum Gasteiger partial charge on any atom is 0.224 e. The molecule has 1 aromatic heterocycles. The smallest absolute Gasteiger partial charge is 0.224 e. The lowest BCUT2D eigenvalue weighted by Gasteiger charge is -2.31. The van der Waals surface area contributed by atoms with Gasteiger partial charge in [-0.15, -0.1) is 0 Å². The Morgan fingerprint density at radius 1 is 1.37 bits per heavy atom. The highest BCUT2D eigenvalue weighted by molar-refractivity contribution is 5.81. The first kappa shape index (κ1) is 21.3. The molecule has 1 atom stereocenters. The first-order valence-corrected chi connectivity index (χ1v) is 10.3. The van der Waals surface area contributed by atoms with Gasteiger partial charge in [0.15, 0.2) is 5.96 Å². The van der Waals surface area contributed by atoms with Gasteiger partial charge in [0.2, 0.25) is 5.91 Å². The molecule has 0 aliphatic carbocycles. The molecule has 0 saturated carbocycles. The summed E-state index contributed by atoms with van der Waals surface area (Å²) in [5.41, 5.74) is 2.24. The molecule has 0 radical (unpaired) electrons. The standard InChI is InChI=1S/C20H36N6O/c1-5-21-20(22-10-7-13-26-18(4)14-17(3)24-26)23-11-9-19(27)25-12-6-8-16(2)15-25/h14,16H,5-13,15H2,1-4H3,(H2,21,22,23). The van der Waals surface area contributed by atoms with Crippen molar-refractivity contribution in [2.24, 2.45) is 10.9 Å². The van der Waals surface area contributed by atoms with Gasteiger partial charge in [-0.3, -0.25) is 14.5 Å². The fourth-order valence-electron chi connectivity index (χ4n) is 3.52. The van der Waals surface area contributed by atoms with Gasteiger partial charge in [-0.1, -0.05) is 6.92 Å². The van der Waals surface area contributed by atoms with Crippen molar-refractivity contribution in [3.63, 3.8) is 0 Å². The summed E-state index contributed by atoms with van der Waals surface area (Å²) < 4.78 is 2.03. The zero-order valence-corrected chi connectivity index (χ0v) is 17.4. The Labute approximate surface area is 163 Å². The molecule has 1 saturated heterocycles. The number of carbonyl (C=O) groups is 1. The van der Waals surface area contributed by atoms with Crippen LogP contribution in [0.1, 0.15) is 50.9 Å². The number of carbonyl (C=O) groups excluding carboxylic acids is 1. The van der Waals surface area contributed by atoms with Gasteiger partial charge in [-0.2, -0.15) is 5.10 Å². The highest BCUT2D eigenvalue weighted by Crippen LogP contribution is 2.15. The summed E-state index contributed by atoms with van der Waals surface area (Å²) in [6.45, 7) is 13.2. The SMILES string of the molecule is CCNC(=NCCCn1nc(C)cc1C)NCCC(=O)N1CCCC(C)C1. The number of hydrogen-bond donors (Lipinski definition) is 2. The minimum atomic E-state index is 0.245. The van der Waals surface area contributed by atoms with Gasteiger partial charge >= 0.3 is 0 Å². The highest BCUT2D eigenvalue weighted by Gasteiger charge is 2.20. The third-order valence-corrected chi connectivity index (χ3v) is 4.89. The second kappa shape index (κ2) is 10.9. The van der Waals surface area contributed by atoms with Crippen LogP contribution in [-0.4, -0.2) is 59.3 Å². The number of likely N-dealkylation sites (tertiary alicyclic amines) is 1. The topological polar surface area (TPSA) is 74.5 Å². The van der Waals surface area contributed by atoms with Crippen molar-refractivity contribution in [3.05, 3.63) is 17.5 Å². The van der Waals surface area contributed by atoms with Gasteiger partial charge < -0.3 is 15.5 Å². The Hall–Kier alpha value is -2.05. The summed E-state index contributed by atoms with van der Waals surface area (Å²) in [7, 11) is 0. The number of guanidine groups is 1. The third kappa shape index (κ3) is 7.23. The highest BCUT2D eigenvalue weighted by atomic mass is 16.2. The number of nitrogens with one attached hydrogen (secondary N) is 2. The first-order valence-electron chi connectivity index (χ1n) is 10.3. The fraction of sp³-hybridized carbons (Fsp3) is 0.750. The summed E-state index contributed by atoms with van der Waals surface area (Å²) >= 11 is 0. The zero-order chi connectivity index (χ0) is 19.6. The van der Waals surface area contributed by atoms with Crippen molar-refractivity contribution in [2.45, 2.75) is 59.9 Å². The summed E-state index contributed by atoms with van der Waals surface area (Å²) in [5, 5.41) is 11.0. The molecule has 0 aromatic carbocycles. The predicted octanol–water partition coefficient (Wildman–Crippen LogP) is 2.09. The summed E-state index contributed by atoms with van der Waals surface area (Å²) in [6.07, 6.45) is 3.81. The van der Waals surface area contributed by atoms with E-state index >= 15 is 0 Å².